The number of alkyl halides is 6. The van der Waals surface area contributed by atoms with Crippen molar-refractivity contribution in [3.63, 3.8) is 0 Å². The van der Waals surface area contributed by atoms with Crippen LogP contribution in [0.3, 0.4) is 0 Å². The topological polar surface area (TPSA) is 124 Å². The van der Waals surface area contributed by atoms with Gasteiger partial charge in [0.1, 0.15) is 23.0 Å². The van der Waals surface area contributed by atoms with Crippen LogP contribution in [0.2, 0.25) is 39.3 Å². The lowest BCUT2D eigenvalue weighted by Gasteiger charge is -2.27. The highest BCUT2D eigenvalue weighted by Gasteiger charge is 2.51. The first kappa shape index (κ1) is 42.9. The number of hydrogen-bond donors (Lipinski definition) is 0. The van der Waals surface area contributed by atoms with Crippen molar-refractivity contribution in [1.29, 1.82) is 0 Å². The molecule has 6 aromatic rings. The van der Waals surface area contributed by atoms with E-state index in [2.05, 4.69) is 0 Å². The van der Waals surface area contributed by atoms with Crippen LogP contribution < -0.4 is 37.7 Å². The highest BCUT2D eigenvalue weighted by Crippen LogP contribution is 2.51. The Balaban J connectivity index is 2.11. The SMILES string of the molecule is COc1cc([Si](C)(C)C)c(OS(=O)(=O)C(F)(F)F)c2c1cc(OC)c1ccc3ccc4c(OC)cc5c(OC)cc([Si](C)(C)C)c(OS(=O)(=O)C(F)(F)F)c5c4c3c12. The van der Waals surface area contributed by atoms with Crippen LogP contribution in [0.25, 0.3) is 53.9 Å². The summed E-state index contributed by atoms with van der Waals surface area (Å²) in [6.45, 7) is 10.5. The smallest absolute Gasteiger partial charge is 0.496 e. The minimum absolute atomic E-state index is 0.0415. The molecule has 312 valence electrons. The third-order valence-corrected chi connectivity index (χ3v) is 15.7. The van der Waals surface area contributed by atoms with Gasteiger partial charge in [0.15, 0.2) is 11.5 Å². The number of ether oxygens (including phenoxy) is 4. The number of methoxy groups -OCH3 is 4. The van der Waals surface area contributed by atoms with Gasteiger partial charge in [-0.2, -0.15) is 43.2 Å². The van der Waals surface area contributed by atoms with Crippen molar-refractivity contribution in [2.45, 2.75) is 50.3 Å². The maximum atomic E-state index is 14.2. The molecule has 0 aliphatic carbocycles. The molecule has 0 bridgehead atoms. The molecule has 0 atom stereocenters. The lowest BCUT2D eigenvalue weighted by molar-refractivity contribution is -0.0504. The van der Waals surface area contributed by atoms with Crippen LogP contribution in [-0.4, -0.2) is 72.4 Å². The Hall–Kier alpha value is -4.67. The Bertz CT molecular complexity index is 2730. The van der Waals surface area contributed by atoms with Gasteiger partial charge in [0.05, 0.1) is 44.6 Å². The summed E-state index contributed by atoms with van der Waals surface area (Å²) in [4.78, 5) is 0. The van der Waals surface area contributed by atoms with Gasteiger partial charge in [-0.05, 0) is 57.5 Å². The molecule has 0 aromatic heterocycles. The molecular formula is C38H38F6O10S2Si2. The van der Waals surface area contributed by atoms with E-state index in [4.69, 9.17) is 27.3 Å². The zero-order valence-electron chi connectivity index (χ0n) is 32.8. The van der Waals surface area contributed by atoms with Gasteiger partial charge in [-0.1, -0.05) is 51.4 Å². The quantitative estimate of drug-likeness (QED) is 0.0433. The molecule has 0 unspecified atom stereocenters. The second-order valence-electron chi connectivity index (χ2n) is 15.5. The summed E-state index contributed by atoms with van der Waals surface area (Å²) in [7, 11) is -13.1. The van der Waals surface area contributed by atoms with Crippen LogP contribution in [0.15, 0.2) is 48.5 Å². The average molecular weight is 889 g/mol. The third-order valence-electron chi connectivity index (χ3n) is 9.78. The fraction of sp³-hybridized carbons (Fsp3) is 0.316. The standard InChI is InChI=1S/C38H38F6O10S2Si2/c1-49-24-15-22-26(51-3)17-28(57(5,6)7)35(53-55(45,46)37(39,40)41)33(22)31-20(24)13-11-19-12-14-21-25(50-2)16-23-27(52-4)18-29(58(8,9)10)36(34(23)32(21)30(19)31)54-56(47,48)38(42,43)44/h11-18H,1-10H3. The number of hydrogen-bond acceptors (Lipinski definition) is 10. The predicted molar refractivity (Wildman–Crippen MR) is 217 cm³/mol. The fourth-order valence-corrected chi connectivity index (χ4v) is 11.1. The van der Waals surface area contributed by atoms with Crippen molar-refractivity contribution >= 4 is 101 Å². The maximum Gasteiger partial charge on any atom is 0.534 e. The molecule has 6 aromatic carbocycles. The van der Waals surface area contributed by atoms with Gasteiger partial charge in [-0.25, -0.2) is 0 Å². The Morgan fingerprint density at radius 1 is 0.448 bits per heavy atom. The number of fused-ring (bicyclic) bond motifs is 9. The van der Waals surface area contributed by atoms with Crippen LogP contribution in [0.5, 0.6) is 34.5 Å². The molecule has 0 aliphatic rings. The van der Waals surface area contributed by atoms with Gasteiger partial charge in [0.25, 0.3) is 0 Å². The summed E-state index contributed by atoms with van der Waals surface area (Å²) in [5.41, 5.74) is -11.7. The zero-order chi connectivity index (χ0) is 43.3. The largest absolute Gasteiger partial charge is 0.534 e. The normalized spacial score (nSPS) is 13.4. The summed E-state index contributed by atoms with van der Waals surface area (Å²) < 4.78 is 171. The van der Waals surface area contributed by atoms with E-state index in [1.165, 1.54) is 52.7 Å². The summed E-state index contributed by atoms with van der Waals surface area (Å²) in [6, 6.07) is 12.1. The Morgan fingerprint density at radius 3 is 1.03 bits per heavy atom. The molecule has 0 fully saturated rings. The van der Waals surface area contributed by atoms with Crippen molar-refractivity contribution in [2.75, 3.05) is 28.4 Å². The molecule has 20 heteroatoms. The number of rotatable bonds is 10. The van der Waals surface area contributed by atoms with Gasteiger partial charge >= 0.3 is 31.3 Å². The minimum Gasteiger partial charge on any atom is -0.496 e. The number of halogens is 6. The molecule has 0 heterocycles. The van der Waals surface area contributed by atoms with Gasteiger partial charge in [0.2, 0.25) is 0 Å². The monoisotopic (exact) mass is 888 g/mol. The molecule has 0 spiro atoms. The second-order valence-corrected chi connectivity index (χ2v) is 28.6. The fourth-order valence-electron chi connectivity index (χ4n) is 7.13. The van der Waals surface area contributed by atoms with Gasteiger partial charge in [0, 0.05) is 43.1 Å². The van der Waals surface area contributed by atoms with Crippen LogP contribution >= 0.6 is 0 Å². The Kier molecular flexibility index (Phi) is 10.3. The molecule has 0 aliphatic heterocycles. The van der Waals surface area contributed by atoms with E-state index in [-0.39, 0.29) is 81.8 Å². The van der Waals surface area contributed by atoms with Gasteiger partial charge in [-0.15, -0.1) is 0 Å². The lowest BCUT2D eigenvalue weighted by atomic mass is 9.89. The third kappa shape index (κ3) is 6.90. The molecule has 10 nitrogen and oxygen atoms in total. The summed E-state index contributed by atoms with van der Waals surface area (Å²) in [6.07, 6.45) is 0. The zero-order valence-corrected chi connectivity index (χ0v) is 36.4. The van der Waals surface area contributed by atoms with E-state index in [1.54, 1.807) is 63.5 Å². The van der Waals surface area contributed by atoms with Crippen molar-refractivity contribution in [2.24, 2.45) is 0 Å². The van der Waals surface area contributed by atoms with Crippen LogP contribution in [0.4, 0.5) is 26.3 Å². The molecule has 0 radical (unpaired) electrons. The lowest BCUT2D eigenvalue weighted by Crippen LogP contribution is -2.40. The van der Waals surface area contributed by atoms with Gasteiger partial charge in [-0.3, -0.25) is 0 Å². The molecule has 0 saturated carbocycles. The highest BCUT2D eigenvalue weighted by molar-refractivity contribution is 7.88. The molecule has 0 saturated heterocycles. The van der Waals surface area contributed by atoms with Crippen molar-refractivity contribution in [3.8, 4) is 34.5 Å². The Morgan fingerprint density at radius 2 is 0.759 bits per heavy atom. The van der Waals surface area contributed by atoms with Crippen LogP contribution in [0.1, 0.15) is 0 Å². The van der Waals surface area contributed by atoms with Gasteiger partial charge < -0.3 is 27.3 Å². The van der Waals surface area contributed by atoms with Crippen molar-refractivity contribution < 1.29 is 70.5 Å². The van der Waals surface area contributed by atoms with E-state index in [0.29, 0.717) is 5.39 Å². The molecule has 0 N–H and O–H groups in total. The molecular weight excluding hydrogens is 851 g/mol. The van der Waals surface area contributed by atoms with E-state index in [9.17, 15) is 43.2 Å². The van der Waals surface area contributed by atoms with Crippen LogP contribution in [0, 0.1) is 0 Å². The molecule has 58 heavy (non-hydrogen) atoms. The molecule has 6 rings (SSSR count). The average Bonchev–Trinajstić information content (AvgIpc) is 3.11. The predicted octanol–water partition coefficient (Wildman–Crippen LogP) is 9.03. The van der Waals surface area contributed by atoms with E-state index in [0.717, 1.165) is 0 Å². The van der Waals surface area contributed by atoms with E-state index < -0.39 is 58.9 Å². The summed E-state index contributed by atoms with van der Waals surface area (Å²) in [5, 5.41) is 1.04. The first-order chi connectivity index (χ1) is 26.6. The van der Waals surface area contributed by atoms with E-state index in [1.807, 2.05) is 0 Å². The molecule has 0 amide bonds. The van der Waals surface area contributed by atoms with Crippen molar-refractivity contribution in [3.05, 3.63) is 48.5 Å². The Labute approximate surface area is 331 Å². The summed E-state index contributed by atoms with van der Waals surface area (Å²) in [5.74, 6) is -0.761. The first-order valence-corrected chi connectivity index (χ1v) is 27.1. The summed E-state index contributed by atoms with van der Waals surface area (Å²) >= 11 is 0. The first-order valence-electron chi connectivity index (χ1n) is 17.3. The van der Waals surface area contributed by atoms with E-state index >= 15 is 0 Å². The number of benzene rings is 6. The highest BCUT2D eigenvalue weighted by atomic mass is 32.2. The van der Waals surface area contributed by atoms with Crippen molar-refractivity contribution in [1.82, 2.24) is 0 Å². The second kappa shape index (κ2) is 14.0. The minimum atomic E-state index is -6.32. The van der Waals surface area contributed by atoms with Crippen LogP contribution in [-0.2, 0) is 20.2 Å². The maximum absolute atomic E-state index is 14.2.